The number of likely N-dealkylation sites (N-methyl/N-ethyl adjacent to an activating group) is 1. The van der Waals surface area contributed by atoms with Gasteiger partial charge < -0.3 is 5.73 Å². The molecule has 0 amide bonds. The Morgan fingerprint density at radius 1 is 1.50 bits per heavy atom. The summed E-state index contributed by atoms with van der Waals surface area (Å²) in [6.07, 6.45) is 3.95. The van der Waals surface area contributed by atoms with Crippen LogP contribution in [0.15, 0.2) is 24.5 Å². The van der Waals surface area contributed by atoms with Crippen LogP contribution < -0.4 is 5.73 Å². The third kappa shape index (κ3) is 2.98. The average Bonchev–Trinajstić information content (AvgIpc) is 2.96. The van der Waals surface area contributed by atoms with Crippen LogP contribution in [0.2, 0.25) is 0 Å². The maximum Gasteiger partial charge on any atom is 0.0576 e. The minimum Gasteiger partial charge on any atom is -0.329 e. The van der Waals surface area contributed by atoms with Gasteiger partial charge in [0, 0.05) is 47.7 Å². The molecule has 0 bridgehead atoms. The fourth-order valence-corrected chi connectivity index (χ4v) is 2.79. The van der Waals surface area contributed by atoms with Crippen LogP contribution in [0, 0.1) is 0 Å². The van der Waals surface area contributed by atoms with E-state index in [2.05, 4.69) is 36.1 Å². The molecular weight excluding hydrogens is 244 g/mol. The van der Waals surface area contributed by atoms with Gasteiger partial charge in [-0.1, -0.05) is 0 Å². The number of hydrogen-bond acceptors (Lipinski definition) is 4. The largest absolute Gasteiger partial charge is 0.329 e. The molecule has 1 atom stereocenters. The van der Waals surface area contributed by atoms with E-state index in [1.54, 1.807) is 0 Å². The number of rotatable bonds is 5. The molecule has 0 fully saturated rings. The second kappa shape index (κ2) is 5.65. The zero-order valence-electron chi connectivity index (χ0n) is 11.1. The molecule has 18 heavy (non-hydrogen) atoms. The molecule has 0 saturated heterocycles. The monoisotopic (exact) mass is 264 g/mol. The summed E-state index contributed by atoms with van der Waals surface area (Å²) in [6, 6.07) is 4.76. The van der Waals surface area contributed by atoms with Crippen molar-refractivity contribution in [2.24, 2.45) is 12.8 Å². The van der Waals surface area contributed by atoms with Gasteiger partial charge in [0.05, 0.1) is 6.20 Å². The van der Waals surface area contributed by atoms with Crippen LogP contribution in [0.25, 0.3) is 10.4 Å². The van der Waals surface area contributed by atoms with E-state index in [1.165, 1.54) is 15.3 Å². The predicted molar refractivity (Wildman–Crippen MR) is 76.5 cm³/mol. The van der Waals surface area contributed by atoms with Crippen LogP contribution in [-0.2, 0) is 13.6 Å². The van der Waals surface area contributed by atoms with Gasteiger partial charge in [-0.25, -0.2) is 0 Å². The van der Waals surface area contributed by atoms with Gasteiger partial charge in [-0.05, 0) is 26.1 Å². The van der Waals surface area contributed by atoms with E-state index in [1.807, 2.05) is 35.5 Å². The van der Waals surface area contributed by atoms with Gasteiger partial charge >= 0.3 is 0 Å². The Labute approximate surface area is 112 Å². The first kappa shape index (κ1) is 13.3. The van der Waals surface area contributed by atoms with Crippen molar-refractivity contribution >= 4 is 11.3 Å². The molecule has 0 aliphatic rings. The summed E-state index contributed by atoms with van der Waals surface area (Å²) in [5.41, 5.74) is 6.86. The third-order valence-corrected chi connectivity index (χ3v) is 4.27. The van der Waals surface area contributed by atoms with E-state index >= 15 is 0 Å². The summed E-state index contributed by atoms with van der Waals surface area (Å²) in [6.45, 7) is 3.79. The minimum atomic E-state index is 0.411. The van der Waals surface area contributed by atoms with E-state index in [0.29, 0.717) is 12.6 Å². The summed E-state index contributed by atoms with van der Waals surface area (Å²) >= 11 is 1.82. The van der Waals surface area contributed by atoms with E-state index in [0.717, 1.165) is 6.54 Å². The van der Waals surface area contributed by atoms with Crippen molar-refractivity contribution in [3.8, 4) is 10.4 Å². The summed E-state index contributed by atoms with van der Waals surface area (Å²) in [4.78, 5) is 4.90. The number of thiophene rings is 1. The number of hydrogen-bond donors (Lipinski definition) is 1. The Morgan fingerprint density at radius 2 is 2.28 bits per heavy atom. The van der Waals surface area contributed by atoms with Crippen molar-refractivity contribution in [3.63, 3.8) is 0 Å². The molecule has 1 unspecified atom stereocenters. The molecule has 0 radical (unpaired) electrons. The zero-order valence-corrected chi connectivity index (χ0v) is 11.9. The lowest BCUT2D eigenvalue weighted by atomic mass is 10.3. The first-order chi connectivity index (χ1) is 8.60. The summed E-state index contributed by atoms with van der Waals surface area (Å²) in [5.74, 6) is 0. The van der Waals surface area contributed by atoms with Crippen molar-refractivity contribution in [1.82, 2.24) is 14.7 Å². The Morgan fingerprint density at radius 3 is 2.89 bits per heavy atom. The normalized spacial score (nSPS) is 13.2. The molecule has 4 nitrogen and oxygen atoms in total. The number of nitrogens with zero attached hydrogens (tertiary/aromatic N) is 3. The van der Waals surface area contributed by atoms with Gasteiger partial charge in [0.2, 0.25) is 0 Å². The van der Waals surface area contributed by atoms with E-state index in [9.17, 15) is 0 Å². The smallest absolute Gasteiger partial charge is 0.0576 e. The molecule has 2 aromatic rings. The Bertz CT molecular complexity index is 503. The van der Waals surface area contributed by atoms with Crippen molar-refractivity contribution in [3.05, 3.63) is 29.4 Å². The number of aromatic nitrogens is 2. The van der Waals surface area contributed by atoms with Gasteiger partial charge in [-0.2, -0.15) is 5.10 Å². The van der Waals surface area contributed by atoms with E-state index < -0.39 is 0 Å². The fraction of sp³-hybridized carbons (Fsp3) is 0.462. The summed E-state index contributed by atoms with van der Waals surface area (Å²) < 4.78 is 1.83. The lowest BCUT2D eigenvalue weighted by Gasteiger charge is -2.22. The maximum absolute atomic E-state index is 5.68. The molecule has 2 heterocycles. The number of nitrogens with two attached hydrogens (primary N) is 1. The van der Waals surface area contributed by atoms with Gasteiger partial charge in [0.1, 0.15) is 0 Å². The standard InChI is InChI=1S/C13H20N4S/c1-10(6-14)16(2)9-12-4-5-13(18-12)11-7-15-17(3)8-11/h4-5,7-8,10H,6,9,14H2,1-3H3. The summed E-state index contributed by atoms with van der Waals surface area (Å²) in [5, 5.41) is 4.20. The van der Waals surface area contributed by atoms with Crippen LogP contribution >= 0.6 is 11.3 Å². The highest BCUT2D eigenvalue weighted by Gasteiger charge is 2.10. The molecule has 0 spiro atoms. The summed E-state index contributed by atoms with van der Waals surface area (Å²) in [7, 11) is 4.05. The Balaban J connectivity index is 2.07. The van der Waals surface area contributed by atoms with Crippen LogP contribution in [-0.4, -0.2) is 34.3 Å². The quantitative estimate of drug-likeness (QED) is 0.897. The van der Waals surface area contributed by atoms with Crippen molar-refractivity contribution in [2.75, 3.05) is 13.6 Å². The molecule has 0 aromatic carbocycles. The molecule has 98 valence electrons. The molecular formula is C13H20N4S. The van der Waals surface area contributed by atoms with Crippen LogP contribution in [0.4, 0.5) is 0 Å². The molecule has 5 heteroatoms. The molecule has 2 N–H and O–H groups in total. The van der Waals surface area contributed by atoms with Gasteiger partial charge in [0.15, 0.2) is 0 Å². The lowest BCUT2D eigenvalue weighted by molar-refractivity contribution is 0.257. The van der Waals surface area contributed by atoms with Crippen LogP contribution in [0.1, 0.15) is 11.8 Å². The van der Waals surface area contributed by atoms with E-state index in [4.69, 9.17) is 5.73 Å². The first-order valence-corrected chi connectivity index (χ1v) is 6.90. The lowest BCUT2D eigenvalue weighted by Crippen LogP contribution is -2.34. The highest BCUT2D eigenvalue weighted by Crippen LogP contribution is 2.28. The van der Waals surface area contributed by atoms with Gasteiger partial charge in [0.25, 0.3) is 0 Å². The van der Waals surface area contributed by atoms with Gasteiger partial charge in [-0.3, -0.25) is 9.58 Å². The topological polar surface area (TPSA) is 47.1 Å². The van der Waals surface area contributed by atoms with Crippen molar-refractivity contribution < 1.29 is 0 Å². The van der Waals surface area contributed by atoms with Crippen LogP contribution in [0.5, 0.6) is 0 Å². The first-order valence-electron chi connectivity index (χ1n) is 6.08. The molecule has 2 rings (SSSR count). The highest BCUT2D eigenvalue weighted by molar-refractivity contribution is 7.15. The molecule has 0 aliphatic heterocycles. The van der Waals surface area contributed by atoms with Crippen molar-refractivity contribution in [1.29, 1.82) is 0 Å². The Hall–Kier alpha value is -1.17. The zero-order chi connectivity index (χ0) is 13.1. The van der Waals surface area contributed by atoms with Gasteiger partial charge in [-0.15, -0.1) is 11.3 Å². The maximum atomic E-state index is 5.68. The Kier molecular flexibility index (Phi) is 4.16. The number of aryl methyl sites for hydroxylation is 1. The predicted octanol–water partition coefficient (Wildman–Crippen LogP) is 1.93. The fourth-order valence-electron chi connectivity index (χ4n) is 1.75. The minimum absolute atomic E-state index is 0.411. The molecule has 2 aromatic heterocycles. The van der Waals surface area contributed by atoms with E-state index in [-0.39, 0.29) is 0 Å². The average molecular weight is 264 g/mol. The second-order valence-corrected chi connectivity index (χ2v) is 5.84. The highest BCUT2D eigenvalue weighted by atomic mass is 32.1. The molecule has 0 aliphatic carbocycles. The molecule has 0 saturated carbocycles. The third-order valence-electron chi connectivity index (χ3n) is 3.15. The van der Waals surface area contributed by atoms with Crippen LogP contribution in [0.3, 0.4) is 0 Å². The van der Waals surface area contributed by atoms with Crippen molar-refractivity contribution in [2.45, 2.75) is 19.5 Å². The SMILES string of the molecule is CC(CN)N(C)Cc1ccc(-c2cnn(C)c2)s1. The second-order valence-electron chi connectivity index (χ2n) is 4.67.